The van der Waals surface area contributed by atoms with E-state index in [-0.39, 0.29) is 18.6 Å². The molecule has 0 saturated heterocycles. The first-order valence-electron chi connectivity index (χ1n) is 12.4. The van der Waals surface area contributed by atoms with Gasteiger partial charge < -0.3 is 36.9 Å². The lowest BCUT2D eigenvalue weighted by atomic mass is 10.0. The minimum atomic E-state index is -1.54. The normalized spacial score (nSPS) is 13.9. The van der Waals surface area contributed by atoms with E-state index in [1.54, 1.807) is 36.5 Å². The van der Waals surface area contributed by atoms with Gasteiger partial charge in [-0.3, -0.25) is 19.2 Å². The maximum atomic E-state index is 13.4. The van der Waals surface area contributed by atoms with E-state index in [1.807, 2.05) is 24.3 Å². The maximum absolute atomic E-state index is 13.4. The molecule has 40 heavy (non-hydrogen) atoms. The molecule has 0 aliphatic carbocycles. The van der Waals surface area contributed by atoms with Gasteiger partial charge in [-0.15, -0.1) is 0 Å². The number of para-hydroxylation sites is 1. The monoisotopic (exact) mass is 569 g/mol. The molecule has 2 aromatic carbocycles. The van der Waals surface area contributed by atoms with E-state index >= 15 is 0 Å². The third kappa shape index (κ3) is 8.32. The third-order valence-electron chi connectivity index (χ3n) is 6.17. The van der Waals surface area contributed by atoms with Crippen LogP contribution in [0.5, 0.6) is 0 Å². The second-order valence-corrected chi connectivity index (χ2v) is 9.53. The van der Waals surface area contributed by atoms with Gasteiger partial charge >= 0.3 is 11.9 Å². The summed E-state index contributed by atoms with van der Waals surface area (Å²) in [5, 5.41) is 27.2. The number of aliphatic carboxylic acids is 2. The van der Waals surface area contributed by atoms with Gasteiger partial charge in [0, 0.05) is 35.7 Å². The number of aromatic amines is 1. The molecule has 0 aliphatic heterocycles. The quantitative estimate of drug-likeness (QED) is 0.126. The number of carbonyl (C=O) groups is 5. The zero-order chi connectivity index (χ0) is 29.2. The van der Waals surface area contributed by atoms with Gasteiger partial charge in [-0.05, 0) is 17.2 Å². The van der Waals surface area contributed by atoms with Gasteiger partial charge in [-0.25, -0.2) is 4.79 Å². The summed E-state index contributed by atoms with van der Waals surface area (Å²) in [6.07, 6.45) is 0.845. The molecule has 1 heterocycles. The van der Waals surface area contributed by atoms with Gasteiger partial charge in [0.2, 0.25) is 17.7 Å². The van der Waals surface area contributed by atoms with Crippen LogP contribution < -0.4 is 21.7 Å². The fourth-order valence-corrected chi connectivity index (χ4v) is 4.24. The number of rotatable bonds is 14. The number of H-pyrrole nitrogens is 1. The van der Waals surface area contributed by atoms with Gasteiger partial charge in [0.1, 0.15) is 18.1 Å². The van der Waals surface area contributed by atoms with Crippen molar-refractivity contribution in [1.29, 1.82) is 0 Å². The summed E-state index contributed by atoms with van der Waals surface area (Å²) in [6, 6.07) is 10.7. The molecule has 0 radical (unpaired) electrons. The van der Waals surface area contributed by atoms with E-state index in [9.17, 15) is 34.2 Å². The summed E-state index contributed by atoms with van der Waals surface area (Å²) in [4.78, 5) is 65.3. The SMILES string of the molecule is NC(CS)C(=O)NC(CC(=O)O)C(=O)NC(Cc1ccccc1)C(=O)NC(Cc1c[nH]c2ccccc12)C(=O)O. The number of aromatic nitrogens is 1. The van der Waals surface area contributed by atoms with Crippen LogP contribution in [0.3, 0.4) is 0 Å². The molecule has 4 atom stereocenters. The Kier molecular flexibility index (Phi) is 10.7. The highest BCUT2D eigenvalue weighted by Crippen LogP contribution is 2.19. The zero-order valence-corrected chi connectivity index (χ0v) is 22.3. The Morgan fingerprint density at radius 2 is 1.40 bits per heavy atom. The summed E-state index contributed by atoms with van der Waals surface area (Å²) in [5.74, 6) is -5.21. The molecule has 0 bridgehead atoms. The number of fused-ring (bicyclic) bond motifs is 1. The van der Waals surface area contributed by atoms with Crippen LogP contribution in [0.25, 0.3) is 10.9 Å². The minimum absolute atomic E-state index is 0.0261. The van der Waals surface area contributed by atoms with Crippen molar-refractivity contribution in [3.05, 3.63) is 71.9 Å². The molecule has 4 unspecified atom stereocenters. The minimum Gasteiger partial charge on any atom is -0.481 e. The van der Waals surface area contributed by atoms with Crippen molar-refractivity contribution in [2.24, 2.45) is 5.73 Å². The summed E-state index contributed by atoms with van der Waals surface area (Å²) >= 11 is 3.93. The molecule has 8 N–H and O–H groups in total. The fourth-order valence-electron chi connectivity index (χ4n) is 4.07. The first kappa shape index (κ1) is 30.2. The zero-order valence-electron chi connectivity index (χ0n) is 21.4. The average molecular weight is 570 g/mol. The van der Waals surface area contributed by atoms with Crippen molar-refractivity contribution in [2.75, 3.05) is 5.75 Å². The summed E-state index contributed by atoms with van der Waals surface area (Å²) < 4.78 is 0. The van der Waals surface area contributed by atoms with Crippen LogP contribution in [0.15, 0.2) is 60.8 Å². The summed E-state index contributed by atoms with van der Waals surface area (Å²) in [7, 11) is 0. The van der Waals surface area contributed by atoms with Crippen LogP contribution >= 0.6 is 12.6 Å². The number of benzene rings is 2. The molecule has 0 aliphatic rings. The van der Waals surface area contributed by atoms with Crippen molar-refractivity contribution >= 4 is 53.2 Å². The van der Waals surface area contributed by atoms with Crippen molar-refractivity contribution in [3.8, 4) is 0 Å². The first-order chi connectivity index (χ1) is 19.1. The van der Waals surface area contributed by atoms with E-state index in [1.165, 1.54) is 0 Å². The average Bonchev–Trinajstić information content (AvgIpc) is 3.34. The van der Waals surface area contributed by atoms with Crippen LogP contribution in [0, 0.1) is 0 Å². The highest BCUT2D eigenvalue weighted by atomic mass is 32.1. The molecule has 0 spiro atoms. The molecular weight excluding hydrogens is 538 g/mol. The molecule has 3 amide bonds. The number of amides is 3. The van der Waals surface area contributed by atoms with Crippen molar-refractivity contribution in [3.63, 3.8) is 0 Å². The van der Waals surface area contributed by atoms with E-state index < -0.39 is 60.2 Å². The standard InChI is InChI=1S/C27H31N5O7S/c28-18(14-40)24(35)30-21(12-23(33)34)26(37)31-20(10-15-6-2-1-3-7-15)25(36)32-22(27(38)39)11-16-13-29-19-9-5-4-8-17(16)19/h1-9,13,18,20-22,29,40H,10-12,14,28H2,(H,30,35)(H,31,37)(H,32,36)(H,33,34)(H,38,39). The Labute approximate surface area is 235 Å². The van der Waals surface area contributed by atoms with Gasteiger partial charge in [0.15, 0.2) is 0 Å². The number of hydrogen-bond donors (Lipinski definition) is 8. The number of hydrogen-bond acceptors (Lipinski definition) is 7. The molecule has 0 saturated carbocycles. The number of carbonyl (C=O) groups excluding carboxylic acids is 3. The number of thiol groups is 1. The van der Waals surface area contributed by atoms with Crippen LogP contribution in [0.1, 0.15) is 17.5 Å². The Hall–Kier alpha value is -4.36. The van der Waals surface area contributed by atoms with E-state index in [4.69, 9.17) is 5.73 Å². The Morgan fingerprint density at radius 1 is 0.800 bits per heavy atom. The molecule has 3 rings (SSSR count). The third-order valence-corrected chi connectivity index (χ3v) is 6.57. The van der Waals surface area contributed by atoms with Crippen LogP contribution in [0.2, 0.25) is 0 Å². The van der Waals surface area contributed by atoms with Gasteiger partial charge in [0.05, 0.1) is 12.5 Å². The van der Waals surface area contributed by atoms with Crippen LogP contribution in [0.4, 0.5) is 0 Å². The van der Waals surface area contributed by atoms with E-state index in [0.717, 1.165) is 10.9 Å². The van der Waals surface area contributed by atoms with Gasteiger partial charge in [-0.2, -0.15) is 12.6 Å². The van der Waals surface area contributed by atoms with Crippen molar-refractivity contribution < 1.29 is 34.2 Å². The number of nitrogens with two attached hydrogens (primary N) is 1. The smallest absolute Gasteiger partial charge is 0.326 e. The Bertz CT molecular complexity index is 1360. The number of carboxylic acid groups (broad SMARTS) is 2. The summed E-state index contributed by atoms with van der Waals surface area (Å²) in [5.41, 5.74) is 7.78. The second-order valence-electron chi connectivity index (χ2n) is 9.16. The Morgan fingerprint density at radius 3 is 2.05 bits per heavy atom. The van der Waals surface area contributed by atoms with Gasteiger partial charge in [0.25, 0.3) is 0 Å². The van der Waals surface area contributed by atoms with Crippen molar-refractivity contribution in [1.82, 2.24) is 20.9 Å². The topological polar surface area (TPSA) is 204 Å². The van der Waals surface area contributed by atoms with E-state index in [2.05, 4.69) is 33.6 Å². The Balaban J connectivity index is 1.82. The van der Waals surface area contributed by atoms with Crippen LogP contribution in [-0.2, 0) is 36.8 Å². The lowest BCUT2D eigenvalue weighted by Crippen LogP contribution is -2.58. The predicted octanol–water partition coefficient (Wildman–Crippen LogP) is 0.224. The second kappa shape index (κ2) is 14.1. The lowest BCUT2D eigenvalue weighted by Gasteiger charge is -2.24. The highest BCUT2D eigenvalue weighted by molar-refractivity contribution is 7.80. The molecule has 3 aromatic rings. The van der Waals surface area contributed by atoms with Gasteiger partial charge in [-0.1, -0.05) is 48.5 Å². The number of nitrogens with one attached hydrogen (secondary N) is 4. The van der Waals surface area contributed by atoms with E-state index in [0.29, 0.717) is 11.1 Å². The highest BCUT2D eigenvalue weighted by Gasteiger charge is 2.31. The molecule has 12 nitrogen and oxygen atoms in total. The maximum Gasteiger partial charge on any atom is 0.326 e. The predicted molar refractivity (Wildman–Crippen MR) is 150 cm³/mol. The summed E-state index contributed by atoms with van der Waals surface area (Å²) in [6.45, 7) is 0. The number of carboxylic acids is 2. The molecular formula is C27H31N5O7S. The molecule has 13 heteroatoms. The molecule has 0 fully saturated rings. The molecule has 1 aromatic heterocycles. The fraction of sp³-hybridized carbons (Fsp3) is 0.296. The first-order valence-corrected chi connectivity index (χ1v) is 13.0. The molecule has 212 valence electrons. The largest absolute Gasteiger partial charge is 0.481 e. The lowest BCUT2D eigenvalue weighted by molar-refractivity contribution is -0.143. The van der Waals surface area contributed by atoms with Crippen LogP contribution in [-0.4, -0.2) is 74.8 Å². The van der Waals surface area contributed by atoms with Crippen molar-refractivity contribution in [2.45, 2.75) is 43.4 Å².